The number of carbonyl (C=O) groups excluding carboxylic acids is 2. The van der Waals surface area contributed by atoms with Crippen molar-refractivity contribution in [3.8, 4) is 11.1 Å². The molecule has 3 aromatic rings. The number of anilines is 3. The van der Waals surface area contributed by atoms with Crippen molar-refractivity contribution in [2.45, 2.75) is 19.4 Å². The van der Waals surface area contributed by atoms with Gasteiger partial charge >= 0.3 is 6.03 Å². The molecule has 2 N–H and O–H groups in total. The van der Waals surface area contributed by atoms with E-state index in [0.29, 0.717) is 0 Å². The molecular formula is C26H28N4O2. The molecule has 0 spiro atoms. The van der Waals surface area contributed by atoms with E-state index >= 15 is 0 Å². The molecule has 0 bridgehead atoms. The Labute approximate surface area is 188 Å². The van der Waals surface area contributed by atoms with E-state index in [4.69, 9.17) is 0 Å². The topological polar surface area (TPSA) is 64.7 Å². The second-order valence-corrected chi connectivity index (χ2v) is 8.09. The first-order valence-electron chi connectivity index (χ1n) is 10.8. The highest BCUT2D eigenvalue weighted by atomic mass is 16.2. The standard InChI is InChI=1S/C26H28N4O2/c1-19(31)29(2)25-16-17-30(18-25)24-14-12-23(13-15-24)28-26(32)27-22-10-8-21(9-11-22)20-6-4-3-5-7-20/h3-15,25H,16-18H2,1-2H3,(H2,27,28,32). The fraction of sp³-hybridized carbons (Fsp3) is 0.231. The van der Waals surface area contributed by atoms with Gasteiger partial charge in [0.15, 0.2) is 0 Å². The largest absolute Gasteiger partial charge is 0.369 e. The lowest BCUT2D eigenvalue weighted by atomic mass is 10.1. The maximum absolute atomic E-state index is 12.4. The monoisotopic (exact) mass is 428 g/mol. The molecule has 32 heavy (non-hydrogen) atoms. The Morgan fingerprint density at radius 1 is 0.844 bits per heavy atom. The van der Waals surface area contributed by atoms with E-state index in [2.05, 4.69) is 27.7 Å². The van der Waals surface area contributed by atoms with Crippen molar-refractivity contribution in [1.29, 1.82) is 0 Å². The minimum atomic E-state index is -0.283. The molecule has 1 atom stereocenters. The molecule has 4 rings (SSSR count). The first-order valence-corrected chi connectivity index (χ1v) is 10.8. The predicted octanol–water partition coefficient (Wildman–Crippen LogP) is 5.05. The van der Waals surface area contributed by atoms with Gasteiger partial charge in [0.2, 0.25) is 5.91 Å². The van der Waals surface area contributed by atoms with Gasteiger partial charge in [-0.25, -0.2) is 4.79 Å². The first kappa shape index (κ1) is 21.4. The van der Waals surface area contributed by atoms with Crippen LogP contribution >= 0.6 is 0 Å². The van der Waals surface area contributed by atoms with E-state index in [0.717, 1.165) is 47.7 Å². The third-order valence-electron chi connectivity index (χ3n) is 5.95. The van der Waals surface area contributed by atoms with Crippen LogP contribution in [0, 0.1) is 0 Å². The molecule has 6 heteroatoms. The van der Waals surface area contributed by atoms with Crippen LogP contribution in [0.5, 0.6) is 0 Å². The van der Waals surface area contributed by atoms with Crippen LogP contribution in [0.3, 0.4) is 0 Å². The Morgan fingerprint density at radius 2 is 1.41 bits per heavy atom. The molecule has 164 valence electrons. The molecule has 1 aliphatic rings. The van der Waals surface area contributed by atoms with Crippen LogP contribution in [0.15, 0.2) is 78.9 Å². The molecule has 3 aromatic carbocycles. The van der Waals surface area contributed by atoms with E-state index in [1.165, 1.54) is 0 Å². The number of carbonyl (C=O) groups is 2. The average molecular weight is 429 g/mol. The van der Waals surface area contributed by atoms with Crippen molar-refractivity contribution in [2.75, 3.05) is 35.7 Å². The smallest absolute Gasteiger partial charge is 0.323 e. The van der Waals surface area contributed by atoms with Crippen LogP contribution in [0.4, 0.5) is 21.9 Å². The fourth-order valence-electron chi connectivity index (χ4n) is 3.98. The van der Waals surface area contributed by atoms with Gasteiger partial charge in [0.05, 0.1) is 6.04 Å². The van der Waals surface area contributed by atoms with E-state index in [1.807, 2.05) is 78.7 Å². The third kappa shape index (κ3) is 5.09. The number of urea groups is 1. The van der Waals surface area contributed by atoms with E-state index < -0.39 is 0 Å². The van der Waals surface area contributed by atoms with E-state index in [9.17, 15) is 9.59 Å². The molecule has 1 aliphatic heterocycles. The Kier molecular flexibility index (Phi) is 6.40. The van der Waals surface area contributed by atoms with Gasteiger partial charge in [-0.2, -0.15) is 0 Å². The van der Waals surface area contributed by atoms with Crippen molar-refractivity contribution in [1.82, 2.24) is 4.90 Å². The summed E-state index contributed by atoms with van der Waals surface area (Å²) in [4.78, 5) is 28.1. The Balaban J connectivity index is 1.31. The quantitative estimate of drug-likeness (QED) is 0.597. The second-order valence-electron chi connectivity index (χ2n) is 8.09. The summed E-state index contributed by atoms with van der Waals surface area (Å²) < 4.78 is 0. The number of likely N-dealkylation sites (N-methyl/N-ethyl adjacent to an activating group) is 1. The Bertz CT molecular complexity index is 1070. The zero-order valence-electron chi connectivity index (χ0n) is 18.4. The van der Waals surface area contributed by atoms with Crippen molar-refractivity contribution >= 4 is 29.0 Å². The molecule has 0 aliphatic carbocycles. The maximum Gasteiger partial charge on any atom is 0.323 e. The van der Waals surface area contributed by atoms with Crippen LogP contribution in [0.1, 0.15) is 13.3 Å². The molecule has 1 saturated heterocycles. The fourth-order valence-corrected chi connectivity index (χ4v) is 3.98. The first-order chi connectivity index (χ1) is 15.5. The van der Waals surface area contributed by atoms with Gasteiger partial charge in [0.1, 0.15) is 0 Å². The van der Waals surface area contributed by atoms with Gasteiger partial charge < -0.3 is 20.4 Å². The summed E-state index contributed by atoms with van der Waals surface area (Å²) in [5.74, 6) is 0.0946. The molecule has 0 saturated carbocycles. The summed E-state index contributed by atoms with van der Waals surface area (Å²) in [6, 6.07) is 25.7. The Hall–Kier alpha value is -3.80. The summed E-state index contributed by atoms with van der Waals surface area (Å²) >= 11 is 0. The number of nitrogens with zero attached hydrogens (tertiary/aromatic N) is 2. The summed E-state index contributed by atoms with van der Waals surface area (Å²) in [5.41, 5.74) is 4.79. The lowest BCUT2D eigenvalue weighted by molar-refractivity contribution is -0.129. The van der Waals surface area contributed by atoms with Crippen LogP contribution < -0.4 is 15.5 Å². The molecule has 1 fully saturated rings. The van der Waals surface area contributed by atoms with Crippen molar-refractivity contribution in [3.63, 3.8) is 0 Å². The molecule has 1 heterocycles. The molecular weight excluding hydrogens is 400 g/mol. The Morgan fingerprint density at radius 3 is 2.00 bits per heavy atom. The predicted molar refractivity (Wildman–Crippen MR) is 130 cm³/mol. The molecule has 0 aromatic heterocycles. The third-order valence-corrected chi connectivity index (χ3v) is 5.95. The zero-order valence-corrected chi connectivity index (χ0v) is 18.4. The van der Waals surface area contributed by atoms with E-state index in [1.54, 1.807) is 6.92 Å². The van der Waals surface area contributed by atoms with Crippen LogP contribution in [-0.4, -0.2) is 43.0 Å². The lowest BCUT2D eigenvalue weighted by Gasteiger charge is -2.24. The summed E-state index contributed by atoms with van der Waals surface area (Å²) in [7, 11) is 1.86. The molecule has 1 unspecified atom stereocenters. The SMILES string of the molecule is CC(=O)N(C)C1CCN(c2ccc(NC(=O)Nc3ccc(-c4ccccc4)cc3)cc2)C1. The molecule has 3 amide bonds. The number of rotatable bonds is 5. The van der Waals surface area contributed by atoms with Gasteiger partial charge in [0, 0.05) is 44.1 Å². The highest BCUT2D eigenvalue weighted by molar-refractivity contribution is 6.00. The average Bonchev–Trinajstić information content (AvgIpc) is 3.30. The van der Waals surface area contributed by atoms with Crippen LogP contribution in [-0.2, 0) is 4.79 Å². The normalized spacial score (nSPS) is 15.3. The summed E-state index contributed by atoms with van der Waals surface area (Å²) in [6.45, 7) is 3.34. The number of nitrogens with one attached hydrogen (secondary N) is 2. The zero-order chi connectivity index (χ0) is 22.5. The van der Waals surface area contributed by atoms with Crippen molar-refractivity contribution in [2.24, 2.45) is 0 Å². The van der Waals surface area contributed by atoms with Crippen LogP contribution in [0.25, 0.3) is 11.1 Å². The van der Waals surface area contributed by atoms with Crippen molar-refractivity contribution in [3.05, 3.63) is 78.9 Å². The minimum absolute atomic E-state index is 0.0946. The minimum Gasteiger partial charge on any atom is -0.369 e. The second kappa shape index (κ2) is 9.56. The van der Waals surface area contributed by atoms with Gasteiger partial charge in [-0.05, 0) is 53.9 Å². The number of benzene rings is 3. The number of hydrogen-bond donors (Lipinski definition) is 2. The molecule has 6 nitrogen and oxygen atoms in total. The highest BCUT2D eigenvalue weighted by Gasteiger charge is 2.27. The van der Waals surface area contributed by atoms with Crippen LogP contribution in [0.2, 0.25) is 0 Å². The van der Waals surface area contributed by atoms with E-state index in [-0.39, 0.29) is 18.0 Å². The maximum atomic E-state index is 12.4. The summed E-state index contributed by atoms with van der Waals surface area (Å²) in [6.07, 6.45) is 0.960. The lowest BCUT2D eigenvalue weighted by Crippen LogP contribution is -2.37. The molecule has 0 radical (unpaired) electrons. The number of amides is 3. The van der Waals surface area contributed by atoms with Gasteiger partial charge in [-0.3, -0.25) is 4.79 Å². The van der Waals surface area contributed by atoms with Gasteiger partial charge in [-0.1, -0.05) is 42.5 Å². The van der Waals surface area contributed by atoms with Gasteiger partial charge in [0.25, 0.3) is 0 Å². The highest BCUT2D eigenvalue weighted by Crippen LogP contribution is 2.25. The summed E-state index contributed by atoms with van der Waals surface area (Å²) in [5, 5.41) is 5.74. The van der Waals surface area contributed by atoms with Gasteiger partial charge in [-0.15, -0.1) is 0 Å². The van der Waals surface area contributed by atoms with Crippen molar-refractivity contribution < 1.29 is 9.59 Å². The number of hydrogen-bond acceptors (Lipinski definition) is 3.